The van der Waals surface area contributed by atoms with Crippen LogP contribution in [0.4, 0.5) is 4.79 Å². The minimum atomic E-state index is 0.160. The van der Waals surface area contributed by atoms with Crippen molar-refractivity contribution in [1.29, 1.82) is 0 Å². The molecule has 1 fully saturated rings. The first-order valence-electron chi connectivity index (χ1n) is 8.60. The number of hydrogen-bond acceptors (Lipinski definition) is 3. The number of aromatic nitrogens is 3. The Morgan fingerprint density at radius 2 is 1.92 bits per heavy atom. The smallest absolute Gasteiger partial charge is 0.320 e. The van der Waals surface area contributed by atoms with E-state index in [9.17, 15) is 4.79 Å². The van der Waals surface area contributed by atoms with Gasteiger partial charge >= 0.3 is 6.03 Å². The zero-order valence-electron chi connectivity index (χ0n) is 14.6. The van der Waals surface area contributed by atoms with Gasteiger partial charge in [-0.15, -0.1) is 0 Å². The molecule has 0 spiro atoms. The number of pyridine rings is 1. The third kappa shape index (κ3) is 3.13. The molecule has 128 valence electrons. The highest BCUT2D eigenvalue weighted by Crippen LogP contribution is 2.24. The molecule has 24 heavy (non-hydrogen) atoms. The van der Waals surface area contributed by atoms with Gasteiger partial charge in [0, 0.05) is 68.5 Å². The number of amides is 2. The van der Waals surface area contributed by atoms with Crippen molar-refractivity contribution < 1.29 is 4.79 Å². The van der Waals surface area contributed by atoms with Gasteiger partial charge in [-0.1, -0.05) is 0 Å². The van der Waals surface area contributed by atoms with Crippen molar-refractivity contribution >= 4 is 6.03 Å². The fraction of sp³-hybridized carbons (Fsp3) is 0.500. The van der Waals surface area contributed by atoms with Crippen LogP contribution in [-0.4, -0.2) is 56.5 Å². The van der Waals surface area contributed by atoms with E-state index >= 15 is 0 Å². The molecule has 0 atom stereocenters. The Labute approximate surface area is 143 Å². The first-order chi connectivity index (χ1) is 11.6. The van der Waals surface area contributed by atoms with Crippen LogP contribution in [0.2, 0.25) is 0 Å². The summed E-state index contributed by atoms with van der Waals surface area (Å²) in [5, 5.41) is 0. The van der Waals surface area contributed by atoms with Crippen LogP contribution in [0.25, 0.3) is 11.4 Å². The number of hydrogen-bond donors (Lipinski definition) is 0. The van der Waals surface area contributed by atoms with Gasteiger partial charge in [-0.05, 0) is 32.9 Å². The number of aryl methyl sites for hydroxylation is 1. The summed E-state index contributed by atoms with van der Waals surface area (Å²) in [6.45, 7) is 10.2. The average Bonchev–Trinajstić information content (AvgIpc) is 2.93. The molecule has 3 rings (SSSR count). The van der Waals surface area contributed by atoms with Crippen LogP contribution in [0.5, 0.6) is 0 Å². The van der Waals surface area contributed by atoms with Crippen molar-refractivity contribution in [2.24, 2.45) is 5.92 Å². The van der Waals surface area contributed by atoms with Gasteiger partial charge in [-0.3, -0.25) is 4.98 Å². The standard InChI is InChI=1S/C18H25N5O/c1-4-21(5-2)18(24)22-11-15(12-22)13-23-14(3)10-20-17(23)16-6-8-19-9-7-16/h6-10,15H,4-5,11-13H2,1-3H3. The average molecular weight is 327 g/mol. The van der Waals surface area contributed by atoms with E-state index in [2.05, 4.69) is 21.5 Å². The van der Waals surface area contributed by atoms with Crippen molar-refractivity contribution in [2.45, 2.75) is 27.3 Å². The molecule has 0 aliphatic carbocycles. The number of imidazole rings is 1. The number of likely N-dealkylation sites (tertiary alicyclic amines) is 1. The Balaban J connectivity index is 1.65. The van der Waals surface area contributed by atoms with Crippen LogP contribution in [0, 0.1) is 12.8 Å². The number of carbonyl (C=O) groups excluding carboxylic acids is 1. The lowest BCUT2D eigenvalue weighted by molar-refractivity contribution is 0.0852. The summed E-state index contributed by atoms with van der Waals surface area (Å²) >= 11 is 0. The number of urea groups is 1. The highest BCUT2D eigenvalue weighted by Gasteiger charge is 2.33. The maximum Gasteiger partial charge on any atom is 0.320 e. The van der Waals surface area contributed by atoms with Crippen LogP contribution < -0.4 is 0 Å². The van der Waals surface area contributed by atoms with Crippen molar-refractivity contribution in [2.75, 3.05) is 26.2 Å². The van der Waals surface area contributed by atoms with Gasteiger partial charge < -0.3 is 14.4 Å². The molecule has 0 bridgehead atoms. The normalized spacial score (nSPS) is 14.5. The van der Waals surface area contributed by atoms with E-state index in [0.29, 0.717) is 5.92 Å². The van der Waals surface area contributed by atoms with Crippen molar-refractivity contribution in [3.8, 4) is 11.4 Å². The van der Waals surface area contributed by atoms with E-state index in [1.807, 2.05) is 42.0 Å². The van der Waals surface area contributed by atoms with Crippen LogP contribution in [0.15, 0.2) is 30.7 Å². The number of rotatable bonds is 5. The van der Waals surface area contributed by atoms with Crippen molar-refractivity contribution in [3.63, 3.8) is 0 Å². The Morgan fingerprint density at radius 3 is 2.54 bits per heavy atom. The van der Waals surface area contributed by atoms with Crippen LogP contribution in [0.1, 0.15) is 19.5 Å². The summed E-state index contributed by atoms with van der Waals surface area (Å²) in [6, 6.07) is 4.12. The molecule has 2 aromatic heterocycles. The Kier molecular flexibility index (Phi) is 4.83. The molecule has 3 heterocycles. The molecule has 1 aliphatic rings. The van der Waals surface area contributed by atoms with Gasteiger partial charge in [0.2, 0.25) is 0 Å². The van der Waals surface area contributed by atoms with E-state index in [0.717, 1.165) is 49.8 Å². The van der Waals surface area contributed by atoms with Crippen LogP contribution in [-0.2, 0) is 6.54 Å². The number of nitrogens with zero attached hydrogens (tertiary/aromatic N) is 5. The maximum absolute atomic E-state index is 12.3. The third-order valence-electron chi connectivity index (χ3n) is 4.70. The minimum absolute atomic E-state index is 0.160. The van der Waals surface area contributed by atoms with Gasteiger partial charge in [0.1, 0.15) is 5.82 Å². The number of carbonyl (C=O) groups is 1. The zero-order valence-corrected chi connectivity index (χ0v) is 14.6. The second-order valence-electron chi connectivity index (χ2n) is 6.30. The monoisotopic (exact) mass is 327 g/mol. The quantitative estimate of drug-likeness (QED) is 0.848. The molecule has 0 N–H and O–H groups in total. The fourth-order valence-corrected chi connectivity index (χ4v) is 3.22. The topological polar surface area (TPSA) is 54.3 Å². The summed E-state index contributed by atoms with van der Waals surface area (Å²) in [7, 11) is 0. The van der Waals surface area contributed by atoms with Gasteiger partial charge in [0.05, 0.1) is 0 Å². The molecular formula is C18H25N5O. The van der Waals surface area contributed by atoms with E-state index < -0.39 is 0 Å². The van der Waals surface area contributed by atoms with Gasteiger partial charge in [0.25, 0.3) is 0 Å². The lowest BCUT2D eigenvalue weighted by Crippen LogP contribution is -2.55. The SMILES string of the molecule is CCN(CC)C(=O)N1CC(Cn2c(C)cnc2-c2ccncc2)C1. The summed E-state index contributed by atoms with van der Waals surface area (Å²) < 4.78 is 2.25. The Bertz CT molecular complexity index is 687. The summed E-state index contributed by atoms with van der Waals surface area (Å²) in [5.74, 6) is 1.46. The molecule has 2 amide bonds. The molecule has 0 aromatic carbocycles. The second-order valence-corrected chi connectivity index (χ2v) is 6.30. The molecule has 2 aromatic rings. The largest absolute Gasteiger partial charge is 0.328 e. The molecular weight excluding hydrogens is 302 g/mol. The van der Waals surface area contributed by atoms with Crippen LogP contribution in [0.3, 0.4) is 0 Å². The van der Waals surface area contributed by atoms with E-state index in [4.69, 9.17) is 0 Å². The zero-order chi connectivity index (χ0) is 17.1. The maximum atomic E-state index is 12.3. The van der Waals surface area contributed by atoms with Gasteiger partial charge in [-0.2, -0.15) is 0 Å². The van der Waals surface area contributed by atoms with Gasteiger partial charge in [0.15, 0.2) is 0 Å². The van der Waals surface area contributed by atoms with Crippen LogP contribution >= 0.6 is 0 Å². The summed E-state index contributed by atoms with van der Waals surface area (Å²) in [6.07, 6.45) is 5.49. The molecule has 6 nitrogen and oxygen atoms in total. The first kappa shape index (κ1) is 16.5. The fourth-order valence-electron chi connectivity index (χ4n) is 3.22. The second kappa shape index (κ2) is 7.03. The predicted octanol–water partition coefficient (Wildman–Crippen LogP) is 2.65. The molecule has 0 saturated carbocycles. The van der Waals surface area contributed by atoms with E-state index in [-0.39, 0.29) is 6.03 Å². The highest BCUT2D eigenvalue weighted by molar-refractivity contribution is 5.75. The summed E-state index contributed by atoms with van der Waals surface area (Å²) in [5.41, 5.74) is 2.23. The predicted molar refractivity (Wildman–Crippen MR) is 93.6 cm³/mol. The third-order valence-corrected chi connectivity index (χ3v) is 4.70. The summed E-state index contributed by atoms with van der Waals surface area (Å²) in [4.78, 5) is 24.8. The molecule has 1 saturated heterocycles. The lowest BCUT2D eigenvalue weighted by atomic mass is 10.00. The van der Waals surface area contributed by atoms with Crippen molar-refractivity contribution in [3.05, 3.63) is 36.4 Å². The van der Waals surface area contributed by atoms with Crippen molar-refractivity contribution in [1.82, 2.24) is 24.3 Å². The molecule has 1 aliphatic heterocycles. The lowest BCUT2D eigenvalue weighted by Gasteiger charge is -2.42. The van der Waals surface area contributed by atoms with Gasteiger partial charge in [-0.25, -0.2) is 9.78 Å². The molecule has 6 heteroatoms. The van der Waals surface area contributed by atoms with E-state index in [1.54, 1.807) is 12.4 Å². The Hall–Kier alpha value is -2.37. The molecule has 0 unspecified atom stereocenters. The Morgan fingerprint density at radius 1 is 1.25 bits per heavy atom. The molecule has 0 radical (unpaired) electrons. The van der Waals surface area contributed by atoms with E-state index in [1.165, 1.54) is 0 Å². The highest BCUT2D eigenvalue weighted by atomic mass is 16.2. The first-order valence-corrected chi connectivity index (χ1v) is 8.60. The minimum Gasteiger partial charge on any atom is -0.328 e.